The summed E-state index contributed by atoms with van der Waals surface area (Å²) in [6.07, 6.45) is 1.26. The molecule has 0 spiro atoms. The van der Waals surface area contributed by atoms with Crippen LogP contribution in [0.3, 0.4) is 0 Å². The van der Waals surface area contributed by atoms with Crippen LogP contribution in [0.1, 0.15) is 15.9 Å². The van der Waals surface area contributed by atoms with E-state index in [0.29, 0.717) is 16.9 Å². The lowest BCUT2D eigenvalue weighted by Crippen LogP contribution is -2.01. The van der Waals surface area contributed by atoms with Crippen LogP contribution in [0.2, 0.25) is 0 Å². The molecule has 0 aliphatic rings. The Morgan fingerprint density at radius 3 is 2.20 bits per heavy atom. The van der Waals surface area contributed by atoms with Crippen molar-refractivity contribution in [3.63, 3.8) is 0 Å². The number of fused-ring (bicyclic) bond motifs is 2. The van der Waals surface area contributed by atoms with Crippen LogP contribution in [0.25, 0.3) is 27.3 Å². The van der Waals surface area contributed by atoms with Gasteiger partial charge < -0.3 is 14.9 Å². The number of carbonyl (C=O) groups is 1. The van der Waals surface area contributed by atoms with Crippen LogP contribution in [0.4, 0.5) is 0 Å². The van der Waals surface area contributed by atoms with Crippen molar-refractivity contribution in [1.29, 1.82) is 0 Å². The number of ketones is 1. The van der Waals surface area contributed by atoms with Gasteiger partial charge in [-0.2, -0.15) is 0 Å². The molecule has 0 amide bonds. The molecule has 4 aromatic carbocycles. The third-order valence-corrected chi connectivity index (χ3v) is 5.49. The van der Waals surface area contributed by atoms with Gasteiger partial charge in [0.2, 0.25) is 0 Å². The molecule has 150 valence electrons. The number of hydrogen-bond acceptors (Lipinski definition) is 4. The summed E-state index contributed by atoms with van der Waals surface area (Å²) in [7, 11) is 0. The van der Waals surface area contributed by atoms with E-state index < -0.39 is 0 Å². The van der Waals surface area contributed by atoms with E-state index in [4.69, 9.17) is 9.84 Å². The van der Waals surface area contributed by atoms with E-state index in [9.17, 15) is 9.90 Å². The fourth-order valence-electron chi connectivity index (χ4n) is 3.30. The topological polar surface area (TPSA) is 66.8 Å². The van der Waals surface area contributed by atoms with Gasteiger partial charge in [-0.1, -0.05) is 36.4 Å². The second-order valence-electron chi connectivity index (χ2n) is 6.90. The van der Waals surface area contributed by atoms with Gasteiger partial charge in [-0.15, -0.1) is 0 Å². The maximum atomic E-state index is 12.7. The molecule has 30 heavy (non-hydrogen) atoms. The van der Waals surface area contributed by atoms with E-state index in [1.54, 1.807) is 12.1 Å². The highest BCUT2D eigenvalue weighted by Gasteiger charge is 2.09. The van der Waals surface area contributed by atoms with Crippen molar-refractivity contribution in [1.82, 2.24) is 0 Å². The predicted octanol–water partition coefficient (Wildman–Crippen LogP) is 5.75. The zero-order valence-corrected chi connectivity index (χ0v) is 18.2. The Hall–Kier alpha value is -2.90. The van der Waals surface area contributed by atoms with E-state index in [0.717, 1.165) is 25.1 Å². The number of benzene rings is 4. The zero-order valence-electron chi connectivity index (χ0n) is 16.0. The summed E-state index contributed by atoms with van der Waals surface area (Å²) in [6.45, 7) is 0.198. The van der Waals surface area contributed by atoms with E-state index in [1.807, 2.05) is 54.6 Å². The fraction of sp³-hybridized carbons (Fsp3) is 0.0800. The molecule has 0 unspecified atom stereocenters. The van der Waals surface area contributed by atoms with E-state index in [1.165, 1.54) is 6.08 Å². The van der Waals surface area contributed by atoms with Gasteiger partial charge in [-0.05, 0) is 80.5 Å². The molecule has 0 radical (unpaired) electrons. The van der Waals surface area contributed by atoms with Gasteiger partial charge in [0.15, 0.2) is 5.78 Å². The molecule has 0 aliphatic heterocycles. The number of aliphatic hydroxyl groups excluding tert-OH is 2. The average molecular weight is 510 g/mol. The average Bonchev–Trinajstić information content (AvgIpc) is 2.76. The van der Waals surface area contributed by atoms with Crippen LogP contribution in [-0.4, -0.2) is 29.2 Å². The molecule has 0 fully saturated rings. The van der Waals surface area contributed by atoms with Gasteiger partial charge in [0.05, 0.1) is 6.61 Å². The maximum Gasteiger partial charge on any atom is 0.189 e. The molecule has 0 heterocycles. The van der Waals surface area contributed by atoms with Gasteiger partial charge in [-0.25, -0.2) is 0 Å². The molecule has 2 N–H and O–H groups in total. The van der Waals surface area contributed by atoms with E-state index in [-0.39, 0.29) is 24.8 Å². The molecule has 4 rings (SSSR count). The maximum absolute atomic E-state index is 12.7. The number of allylic oxidation sites excluding steroid dienone is 1. The third kappa shape index (κ3) is 4.47. The summed E-state index contributed by atoms with van der Waals surface area (Å²) in [5, 5.41) is 23.3. The normalized spacial score (nSPS) is 11.7. The second-order valence-corrected chi connectivity index (χ2v) is 8.14. The van der Waals surface area contributed by atoms with Crippen molar-refractivity contribution >= 4 is 55.7 Å². The van der Waals surface area contributed by atoms with Crippen LogP contribution in [0, 0.1) is 3.57 Å². The molecule has 0 aliphatic carbocycles. The molecule has 0 atom stereocenters. The number of aliphatic hydroxyl groups is 2. The summed E-state index contributed by atoms with van der Waals surface area (Å²) in [5.74, 6) is 0.344. The van der Waals surface area contributed by atoms with Crippen LogP contribution in [0.5, 0.6) is 5.75 Å². The van der Waals surface area contributed by atoms with Crippen LogP contribution in [0.15, 0.2) is 78.9 Å². The lowest BCUT2D eigenvalue weighted by atomic mass is 10.0. The highest BCUT2D eigenvalue weighted by molar-refractivity contribution is 14.1. The van der Waals surface area contributed by atoms with Crippen molar-refractivity contribution in [2.24, 2.45) is 0 Å². The van der Waals surface area contributed by atoms with Crippen molar-refractivity contribution in [3.8, 4) is 5.75 Å². The molecule has 0 bridgehead atoms. The predicted molar refractivity (Wildman–Crippen MR) is 128 cm³/mol. The Morgan fingerprint density at radius 1 is 0.833 bits per heavy atom. The van der Waals surface area contributed by atoms with Crippen LogP contribution < -0.4 is 4.74 Å². The van der Waals surface area contributed by atoms with Gasteiger partial charge in [0.1, 0.15) is 18.1 Å². The highest BCUT2D eigenvalue weighted by Crippen LogP contribution is 2.25. The minimum atomic E-state index is -0.249. The Bertz CT molecular complexity index is 1280. The number of carbonyl (C=O) groups excluding carboxylic acids is 1. The standard InChI is InChI=1S/C25H19IO4/c26-22-7-5-16-11-20(3-1-18(16)13-22)24(28)15-25(29)21-4-2-19-14-23(30-10-9-27)8-6-17(19)12-21/h1-8,11-15,27,29H,9-10H2/b25-15-. The first-order chi connectivity index (χ1) is 14.5. The minimum Gasteiger partial charge on any atom is -0.507 e. The Balaban J connectivity index is 1.59. The lowest BCUT2D eigenvalue weighted by Gasteiger charge is -2.07. The Labute approximate surface area is 187 Å². The van der Waals surface area contributed by atoms with Gasteiger partial charge >= 0.3 is 0 Å². The molecule has 0 aromatic heterocycles. The molecule has 5 heteroatoms. The Morgan fingerprint density at radius 2 is 1.43 bits per heavy atom. The molecular formula is C25H19IO4. The molecule has 4 nitrogen and oxygen atoms in total. The first-order valence-electron chi connectivity index (χ1n) is 9.46. The summed E-state index contributed by atoms with van der Waals surface area (Å²) in [4.78, 5) is 12.7. The van der Waals surface area contributed by atoms with Crippen molar-refractivity contribution < 1.29 is 19.7 Å². The number of ether oxygens (including phenoxy) is 1. The SMILES string of the molecule is O=C(/C=C(\O)c1ccc2cc(OCCO)ccc2c1)c1ccc2cc(I)ccc2c1. The van der Waals surface area contributed by atoms with Gasteiger partial charge in [0, 0.05) is 20.8 Å². The molecule has 4 aromatic rings. The highest BCUT2D eigenvalue weighted by atomic mass is 127. The summed E-state index contributed by atoms with van der Waals surface area (Å²) in [6, 6.07) is 22.6. The van der Waals surface area contributed by atoms with Crippen LogP contribution in [-0.2, 0) is 0 Å². The van der Waals surface area contributed by atoms with Crippen molar-refractivity contribution in [3.05, 3.63) is 93.6 Å². The molecule has 0 saturated carbocycles. The van der Waals surface area contributed by atoms with E-state index in [2.05, 4.69) is 28.7 Å². The van der Waals surface area contributed by atoms with Gasteiger partial charge in [-0.3, -0.25) is 4.79 Å². The number of halogens is 1. The van der Waals surface area contributed by atoms with E-state index >= 15 is 0 Å². The van der Waals surface area contributed by atoms with Gasteiger partial charge in [0.25, 0.3) is 0 Å². The lowest BCUT2D eigenvalue weighted by molar-refractivity contribution is 0.104. The minimum absolute atomic E-state index is 0.0415. The monoisotopic (exact) mass is 510 g/mol. The zero-order chi connectivity index (χ0) is 21.1. The quantitative estimate of drug-likeness (QED) is 0.150. The largest absolute Gasteiger partial charge is 0.507 e. The first-order valence-corrected chi connectivity index (χ1v) is 10.5. The number of rotatable bonds is 6. The number of hydrogen-bond donors (Lipinski definition) is 2. The van der Waals surface area contributed by atoms with Crippen LogP contribution >= 0.6 is 22.6 Å². The smallest absolute Gasteiger partial charge is 0.189 e. The Kier molecular flexibility index (Phi) is 6.01. The summed E-state index contributed by atoms with van der Waals surface area (Å²) in [5.41, 5.74) is 1.09. The molecular weight excluding hydrogens is 491 g/mol. The second kappa shape index (κ2) is 8.85. The third-order valence-electron chi connectivity index (χ3n) is 4.82. The summed E-state index contributed by atoms with van der Waals surface area (Å²) >= 11 is 2.26. The first kappa shape index (κ1) is 20.4. The summed E-state index contributed by atoms with van der Waals surface area (Å²) < 4.78 is 6.56. The fourth-order valence-corrected chi connectivity index (χ4v) is 3.81. The van der Waals surface area contributed by atoms with Crippen molar-refractivity contribution in [2.45, 2.75) is 0 Å². The molecule has 0 saturated heterocycles. The van der Waals surface area contributed by atoms with Crippen molar-refractivity contribution in [2.75, 3.05) is 13.2 Å².